The average Bonchev–Trinajstić information content (AvgIpc) is 3.05. The number of rotatable bonds is 8. The van der Waals surface area contributed by atoms with E-state index in [2.05, 4.69) is 16.9 Å². The summed E-state index contributed by atoms with van der Waals surface area (Å²) in [7, 11) is 1.46. The number of H-pyrrole nitrogens is 1. The summed E-state index contributed by atoms with van der Waals surface area (Å²) in [5.41, 5.74) is 0.455. The molecular formula is C15H19N3O4. The maximum absolute atomic E-state index is 11.3. The van der Waals surface area contributed by atoms with Gasteiger partial charge in [-0.1, -0.05) is 19.8 Å². The van der Waals surface area contributed by atoms with E-state index < -0.39 is 4.92 Å². The van der Waals surface area contributed by atoms with Crippen LogP contribution in [0.2, 0.25) is 0 Å². The minimum atomic E-state index is -0.468. The molecule has 2 rings (SSSR count). The van der Waals surface area contributed by atoms with Gasteiger partial charge in [0.1, 0.15) is 5.82 Å². The molecule has 0 fully saturated rings. The van der Waals surface area contributed by atoms with E-state index in [1.54, 1.807) is 18.5 Å². The fraction of sp³-hybridized carbons (Fsp3) is 0.400. The Labute approximate surface area is 128 Å². The van der Waals surface area contributed by atoms with Crippen LogP contribution in [0.4, 0.5) is 5.69 Å². The highest BCUT2D eigenvalue weighted by Crippen LogP contribution is 2.40. The van der Waals surface area contributed by atoms with E-state index in [1.165, 1.54) is 13.2 Å². The Morgan fingerprint density at radius 1 is 1.36 bits per heavy atom. The van der Waals surface area contributed by atoms with Crippen molar-refractivity contribution in [2.45, 2.75) is 26.2 Å². The number of benzene rings is 1. The van der Waals surface area contributed by atoms with Crippen molar-refractivity contribution in [2.24, 2.45) is 0 Å². The first-order valence-electron chi connectivity index (χ1n) is 7.16. The van der Waals surface area contributed by atoms with Crippen LogP contribution in [0.25, 0.3) is 11.4 Å². The lowest BCUT2D eigenvalue weighted by Crippen LogP contribution is -2.03. The van der Waals surface area contributed by atoms with Crippen LogP contribution in [0.15, 0.2) is 24.5 Å². The van der Waals surface area contributed by atoms with E-state index in [-0.39, 0.29) is 11.4 Å². The molecule has 0 bridgehead atoms. The number of nitro benzene ring substituents is 1. The van der Waals surface area contributed by atoms with Gasteiger partial charge < -0.3 is 14.5 Å². The summed E-state index contributed by atoms with van der Waals surface area (Å²) in [4.78, 5) is 17.9. The van der Waals surface area contributed by atoms with E-state index in [0.29, 0.717) is 23.7 Å². The van der Waals surface area contributed by atoms with Gasteiger partial charge >= 0.3 is 5.69 Å². The van der Waals surface area contributed by atoms with Crippen molar-refractivity contribution in [2.75, 3.05) is 13.7 Å². The summed E-state index contributed by atoms with van der Waals surface area (Å²) in [5, 5.41) is 11.3. The molecule has 22 heavy (non-hydrogen) atoms. The molecule has 0 saturated heterocycles. The quantitative estimate of drug-likeness (QED) is 0.457. The van der Waals surface area contributed by atoms with Gasteiger partial charge in [0.05, 0.1) is 18.6 Å². The second-order valence-corrected chi connectivity index (χ2v) is 4.78. The smallest absolute Gasteiger partial charge is 0.315 e. The number of hydrogen-bond donors (Lipinski definition) is 1. The summed E-state index contributed by atoms with van der Waals surface area (Å²) in [5.74, 6) is 1.04. The molecule has 0 saturated carbocycles. The van der Waals surface area contributed by atoms with Crippen molar-refractivity contribution in [1.29, 1.82) is 0 Å². The number of imidazole rings is 1. The van der Waals surface area contributed by atoms with Crippen LogP contribution < -0.4 is 9.47 Å². The number of ether oxygens (including phenoxy) is 2. The normalized spacial score (nSPS) is 10.5. The lowest BCUT2D eigenvalue weighted by molar-refractivity contribution is -0.385. The van der Waals surface area contributed by atoms with Gasteiger partial charge in [-0.25, -0.2) is 4.98 Å². The average molecular weight is 305 g/mol. The van der Waals surface area contributed by atoms with Gasteiger partial charge in [-0.15, -0.1) is 0 Å². The fourth-order valence-corrected chi connectivity index (χ4v) is 2.11. The lowest BCUT2D eigenvalue weighted by Gasteiger charge is -2.12. The van der Waals surface area contributed by atoms with Crippen molar-refractivity contribution in [3.63, 3.8) is 0 Å². The first-order chi connectivity index (χ1) is 10.7. The fourth-order valence-electron chi connectivity index (χ4n) is 2.11. The zero-order chi connectivity index (χ0) is 15.9. The van der Waals surface area contributed by atoms with E-state index in [0.717, 1.165) is 19.3 Å². The molecular weight excluding hydrogens is 286 g/mol. The molecule has 1 aromatic heterocycles. The van der Waals surface area contributed by atoms with Crippen LogP contribution in [-0.2, 0) is 0 Å². The van der Waals surface area contributed by atoms with Crippen LogP contribution in [-0.4, -0.2) is 28.6 Å². The number of nitrogens with one attached hydrogen (secondary N) is 1. The molecule has 0 spiro atoms. The molecule has 0 aliphatic carbocycles. The van der Waals surface area contributed by atoms with Crippen molar-refractivity contribution in [3.05, 3.63) is 34.6 Å². The highest BCUT2D eigenvalue weighted by molar-refractivity contribution is 5.69. The van der Waals surface area contributed by atoms with Crippen LogP contribution in [0, 0.1) is 10.1 Å². The number of aromatic amines is 1. The summed E-state index contributed by atoms with van der Waals surface area (Å²) < 4.78 is 10.9. The Balaban J connectivity index is 2.36. The Bertz CT molecular complexity index is 626. The second kappa shape index (κ2) is 7.44. The van der Waals surface area contributed by atoms with E-state index >= 15 is 0 Å². The van der Waals surface area contributed by atoms with Gasteiger partial charge in [0.2, 0.25) is 5.75 Å². The number of unbranched alkanes of at least 4 members (excludes halogenated alkanes) is 2. The number of nitrogens with zero attached hydrogens (tertiary/aromatic N) is 2. The SMILES string of the molecule is CCCCCOc1c(OC)cc(-c2ncc[nH]2)cc1[N+](=O)[O-]. The molecule has 1 N–H and O–H groups in total. The molecule has 0 aliphatic heterocycles. The van der Waals surface area contributed by atoms with Crippen LogP contribution >= 0.6 is 0 Å². The predicted molar refractivity (Wildman–Crippen MR) is 82.3 cm³/mol. The van der Waals surface area contributed by atoms with Crippen molar-refractivity contribution < 1.29 is 14.4 Å². The Kier molecular flexibility index (Phi) is 5.35. The van der Waals surface area contributed by atoms with Crippen molar-refractivity contribution in [1.82, 2.24) is 9.97 Å². The molecule has 2 aromatic rings. The molecule has 0 radical (unpaired) electrons. The summed E-state index contributed by atoms with van der Waals surface area (Å²) in [6.45, 7) is 2.51. The molecule has 7 nitrogen and oxygen atoms in total. The van der Waals surface area contributed by atoms with Crippen LogP contribution in [0.1, 0.15) is 26.2 Å². The summed E-state index contributed by atoms with van der Waals surface area (Å²) >= 11 is 0. The lowest BCUT2D eigenvalue weighted by atomic mass is 10.1. The summed E-state index contributed by atoms with van der Waals surface area (Å²) in [6, 6.07) is 3.12. The van der Waals surface area contributed by atoms with E-state index in [9.17, 15) is 10.1 Å². The third-order valence-electron chi connectivity index (χ3n) is 3.22. The van der Waals surface area contributed by atoms with E-state index in [1.807, 2.05) is 0 Å². The van der Waals surface area contributed by atoms with Gasteiger partial charge in [-0.2, -0.15) is 0 Å². The number of hydrogen-bond acceptors (Lipinski definition) is 5. The van der Waals surface area contributed by atoms with Gasteiger partial charge in [0.25, 0.3) is 0 Å². The standard InChI is InChI=1S/C15H19N3O4/c1-3-4-5-8-22-14-12(18(19)20)9-11(10-13(14)21-2)15-16-6-7-17-15/h6-7,9-10H,3-5,8H2,1-2H3,(H,16,17). The van der Waals surface area contributed by atoms with Gasteiger partial charge in [0, 0.05) is 24.0 Å². The molecule has 0 aliphatic rings. The molecule has 7 heteroatoms. The third-order valence-corrected chi connectivity index (χ3v) is 3.22. The zero-order valence-corrected chi connectivity index (χ0v) is 12.7. The Hall–Kier alpha value is -2.57. The first-order valence-corrected chi connectivity index (χ1v) is 7.16. The minimum Gasteiger partial charge on any atom is -0.493 e. The highest BCUT2D eigenvalue weighted by Gasteiger charge is 2.23. The largest absolute Gasteiger partial charge is 0.493 e. The summed E-state index contributed by atoms with van der Waals surface area (Å²) in [6.07, 6.45) is 6.16. The molecule has 118 valence electrons. The van der Waals surface area contributed by atoms with Gasteiger partial charge in [-0.3, -0.25) is 10.1 Å². The maximum Gasteiger partial charge on any atom is 0.315 e. The van der Waals surface area contributed by atoms with E-state index in [4.69, 9.17) is 9.47 Å². The second-order valence-electron chi connectivity index (χ2n) is 4.78. The van der Waals surface area contributed by atoms with Crippen LogP contribution in [0.3, 0.4) is 0 Å². The maximum atomic E-state index is 11.3. The number of aromatic nitrogens is 2. The molecule has 1 aromatic carbocycles. The van der Waals surface area contributed by atoms with Gasteiger partial charge in [-0.05, 0) is 12.5 Å². The first kappa shape index (κ1) is 15.8. The third kappa shape index (κ3) is 3.55. The molecule has 0 amide bonds. The predicted octanol–water partition coefficient (Wildman–Crippen LogP) is 3.56. The number of methoxy groups -OCH3 is 1. The molecule has 0 unspecified atom stereocenters. The molecule has 1 heterocycles. The Morgan fingerprint density at radius 3 is 2.77 bits per heavy atom. The highest BCUT2D eigenvalue weighted by atomic mass is 16.6. The van der Waals surface area contributed by atoms with Crippen molar-refractivity contribution in [3.8, 4) is 22.9 Å². The van der Waals surface area contributed by atoms with Crippen LogP contribution in [0.5, 0.6) is 11.5 Å². The van der Waals surface area contributed by atoms with Gasteiger partial charge in [0.15, 0.2) is 5.75 Å². The van der Waals surface area contributed by atoms with Crippen molar-refractivity contribution >= 4 is 5.69 Å². The topological polar surface area (TPSA) is 90.3 Å². The number of nitro groups is 1. The molecule has 0 atom stereocenters. The monoisotopic (exact) mass is 305 g/mol. The zero-order valence-electron chi connectivity index (χ0n) is 12.7. The minimum absolute atomic E-state index is 0.123. The Morgan fingerprint density at radius 2 is 2.18 bits per heavy atom.